The average molecular weight is 812 g/mol. The van der Waals surface area contributed by atoms with Crippen LogP contribution in [0.5, 0.6) is 5.88 Å². The Labute approximate surface area is 314 Å². The highest BCUT2D eigenvalue weighted by Crippen LogP contribution is 2.39. The van der Waals surface area contributed by atoms with Crippen LogP contribution in [0.15, 0.2) is 47.6 Å². The molecule has 0 bridgehead atoms. The van der Waals surface area contributed by atoms with E-state index < -0.39 is 80.9 Å². The van der Waals surface area contributed by atoms with E-state index in [1.54, 1.807) is 0 Å². The summed E-state index contributed by atoms with van der Waals surface area (Å²) in [4.78, 5) is 7.26. The summed E-state index contributed by atoms with van der Waals surface area (Å²) in [5.41, 5.74) is -2.04. The van der Waals surface area contributed by atoms with Gasteiger partial charge in [-0.1, -0.05) is 6.07 Å². The number of imidazole rings is 1. The third-order valence-corrected chi connectivity index (χ3v) is 12.2. The van der Waals surface area contributed by atoms with Crippen molar-refractivity contribution in [2.75, 3.05) is 74.1 Å². The second kappa shape index (κ2) is 16.2. The highest BCUT2D eigenvalue weighted by atomic mass is 32.3. The van der Waals surface area contributed by atoms with Gasteiger partial charge in [-0.3, -0.25) is 9.29 Å². The largest absolute Gasteiger partial charge is 0.480 e. The van der Waals surface area contributed by atoms with Crippen molar-refractivity contribution in [3.05, 3.63) is 71.7 Å². The molecule has 0 fully saturated rings. The Balaban J connectivity index is 1.61. The maximum absolute atomic E-state index is 16.9. The molecule has 12 nitrogen and oxygen atoms in total. The first kappa shape index (κ1) is 40.8. The van der Waals surface area contributed by atoms with Crippen LogP contribution in [0.3, 0.4) is 0 Å². The number of pyridine rings is 1. The van der Waals surface area contributed by atoms with Crippen LogP contribution in [0.25, 0.3) is 33.5 Å². The van der Waals surface area contributed by atoms with Gasteiger partial charge in [-0.05, 0) is 55.7 Å². The number of rotatable bonds is 16. The van der Waals surface area contributed by atoms with E-state index >= 15 is 13.2 Å². The molecule has 1 N–H and O–H groups in total. The molecule has 0 aliphatic rings. The lowest BCUT2D eigenvalue weighted by molar-refractivity contribution is 0.0836. The molecule has 0 saturated carbocycles. The first-order valence-corrected chi connectivity index (χ1v) is 23.7. The molecule has 5 rings (SSSR count). The van der Waals surface area contributed by atoms with Crippen molar-refractivity contribution in [1.29, 1.82) is 5.26 Å². The van der Waals surface area contributed by atoms with E-state index in [9.17, 15) is 18.1 Å². The van der Waals surface area contributed by atoms with Gasteiger partial charge in [-0.25, -0.2) is 60.7 Å². The van der Waals surface area contributed by atoms with Crippen molar-refractivity contribution in [3.8, 4) is 34.6 Å². The van der Waals surface area contributed by atoms with Crippen molar-refractivity contribution in [3.63, 3.8) is 0 Å². The van der Waals surface area contributed by atoms with Crippen LogP contribution in [-0.4, -0.2) is 102 Å². The Morgan fingerprint density at radius 3 is 2.17 bits per heavy atom. The molecule has 19 heteroatoms. The Bertz CT molecular complexity index is 2330. The van der Waals surface area contributed by atoms with Gasteiger partial charge in [0.15, 0.2) is 22.4 Å². The van der Waals surface area contributed by atoms with Crippen molar-refractivity contribution in [1.82, 2.24) is 24.3 Å². The zero-order chi connectivity index (χ0) is 39.6. The van der Waals surface area contributed by atoms with Crippen LogP contribution in [0, 0.1) is 34.6 Å². The quantitative estimate of drug-likeness (QED) is 0.0868. The number of aromatic nitrogens is 5. The number of fused-ring (bicyclic) bond motifs is 1. The highest BCUT2D eigenvalue weighted by Gasteiger charge is 2.29. The summed E-state index contributed by atoms with van der Waals surface area (Å²) in [6.45, 7) is 0.476. The minimum absolute atomic E-state index is 0.0375. The second-order valence-electron chi connectivity index (χ2n) is 13.9. The number of sulfonamides is 1. The monoisotopic (exact) mass is 811 g/mol. The number of nitriles is 1. The maximum atomic E-state index is 16.9. The summed E-state index contributed by atoms with van der Waals surface area (Å²) < 4.78 is 110. The van der Waals surface area contributed by atoms with Crippen LogP contribution in [0.2, 0.25) is 0 Å². The molecular weight excluding hydrogens is 771 g/mol. The van der Waals surface area contributed by atoms with E-state index in [1.165, 1.54) is 21.5 Å². The van der Waals surface area contributed by atoms with Crippen molar-refractivity contribution in [2.24, 2.45) is 0 Å². The predicted octanol–water partition coefficient (Wildman–Crippen LogP) is 6.54. The molecule has 0 radical (unpaired) electrons. The van der Waals surface area contributed by atoms with Gasteiger partial charge in [0.25, 0.3) is 10.0 Å². The third-order valence-electron chi connectivity index (χ3n) is 8.02. The number of nitrogens with one attached hydrogen (secondary N) is 1. The first-order valence-electron chi connectivity index (χ1n) is 16.2. The number of benzene rings is 2. The van der Waals surface area contributed by atoms with Crippen LogP contribution < -0.4 is 9.46 Å². The lowest BCUT2D eigenvalue weighted by Crippen LogP contribution is -2.16. The normalized spacial score (nSPS) is 12.9. The summed E-state index contributed by atoms with van der Waals surface area (Å²) in [7, 11) is -5.41. The molecule has 3 aromatic heterocycles. The van der Waals surface area contributed by atoms with Gasteiger partial charge in [-0.2, -0.15) is 10.4 Å². The van der Waals surface area contributed by atoms with E-state index in [0.29, 0.717) is 19.3 Å². The van der Waals surface area contributed by atoms with Gasteiger partial charge in [0, 0.05) is 28.5 Å². The molecule has 5 aromatic rings. The maximum Gasteiger partial charge on any atom is 0.267 e. The Hall–Kier alpha value is -4.35. The van der Waals surface area contributed by atoms with Crippen LogP contribution in [-0.2, 0) is 33.0 Å². The topological polar surface area (TPSA) is 146 Å². The molecule has 292 valence electrons. The van der Waals surface area contributed by atoms with Gasteiger partial charge in [0.1, 0.15) is 48.1 Å². The van der Waals surface area contributed by atoms with Gasteiger partial charge in [-0.15, -0.1) is 0 Å². The number of ether oxygens (including phenoxy) is 3. The standard InChI is InChI=1S/C35H41F4N7O5S3/c1-49-35-28(16-22(36)18-42-35)54(47,48)44-27-11-10-26(37)29(31(27)39)24-8-9-25-32(43-46(33(25)30(24)38)21-51-13-15-53(5,6)7)34-41-19-23(17-40)45(34)20-50-12-14-52(2,3)4/h8-11,16,18-19,44H,12-15,20-21H2,1-7H3. The van der Waals surface area contributed by atoms with E-state index in [0.717, 1.165) is 43.0 Å². The molecule has 3 heterocycles. The smallest absolute Gasteiger partial charge is 0.267 e. The highest BCUT2D eigenvalue weighted by molar-refractivity contribution is 8.32. The van der Waals surface area contributed by atoms with Gasteiger partial charge in [0.2, 0.25) is 5.88 Å². The number of hydrogen-bond acceptors (Lipinski definition) is 9. The van der Waals surface area contributed by atoms with Crippen LogP contribution in [0.1, 0.15) is 5.69 Å². The molecule has 0 unspecified atom stereocenters. The van der Waals surface area contributed by atoms with Crippen LogP contribution in [0.4, 0.5) is 23.2 Å². The van der Waals surface area contributed by atoms with Gasteiger partial charge in [0.05, 0.1) is 44.0 Å². The number of halogens is 4. The Kier molecular flexibility index (Phi) is 12.2. The minimum atomic E-state index is -4.74. The minimum Gasteiger partial charge on any atom is -0.480 e. The predicted molar refractivity (Wildman–Crippen MR) is 205 cm³/mol. The van der Waals surface area contributed by atoms with Crippen LogP contribution >= 0.6 is 20.1 Å². The Morgan fingerprint density at radius 1 is 0.870 bits per heavy atom. The summed E-state index contributed by atoms with van der Waals surface area (Å²) in [5, 5.41) is 14.7. The summed E-state index contributed by atoms with van der Waals surface area (Å²) in [5.74, 6) is -3.45. The summed E-state index contributed by atoms with van der Waals surface area (Å²) in [6, 6.07) is 6.82. The fraction of sp³-hybridized carbons (Fsp3) is 0.371. The molecule has 0 amide bonds. The molecule has 0 aliphatic carbocycles. The Morgan fingerprint density at radius 2 is 1.54 bits per heavy atom. The SMILES string of the molecule is COc1ncc(F)cc1S(=O)(=O)Nc1ccc(F)c(-c2ccc3c(-c4ncc(C#N)n4COCCS(C)(C)C)nn(COCCS(C)(C)C)c3c2F)c1F. The molecule has 0 atom stereocenters. The number of methoxy groups -OCH3 is 1. The number of hydrogen-bond donors (Lipinski definition) is 1. The lowest BCUT2D eigenvalue weighted by Gasteiger charge is -2.24. The van der Waals surface area contributed by atoms with Gasteiger partial charge >= 0.3 is 0 Å². The second-order valence-corrected chi connectivity index (χ2v) is 24.7. The molecular formula is C35H41F4N7O5S3. The zero-order valence-corrected chi connectivity index (χ0v) is 33.2. The van der Waals surface area contributed by atoms with Crippen molar-refractivity contribution >= 4 is 46.7 Å². The van der Waals surface area contributed by atoms with E-state index in [1.807, 2.05) is 4.72 Å². The molecule has 2 aromatic carbocycles. The number of nitrogens with zero attached hydrogens (tertiary/aromatic N) is 6. The molecule has 0 saturated heterocycles. The fourth-order valence-corrected chi connectivity index (χ4v) is 7.65. The van der Waals surface area contributed by atoms with Crippen molar-refractivity contribution < 1.29 is 40.2 Å². The van der Waals surface area contributed by atoms with Gasteiger partial charge < -0.3 is 14.2 Å². The van der Waals surface area contributed by atoms with E-state index in [2.05, 4.69) is 58.7 Å². The number of anilines is 1. The summed E-state index contributed by atoms with van der Waals surface area (Å²) >= 11 is 0. The van der Waals surface area contributed by atoms with E-state index in [-0.39, 0.29) is 41.6 Å². The summed E-state index contributed by atoms with van der Waals surface area (Å²) in [6.07, 6.45) is 14.9. The molecule has 54 heavy (non-hydrogen) atoms. The third kappa shape index (κ3) is 9.12. The molecule has 0 aliphatic heterocycles. The van der Waals surface area contributed by atoms with E-state index in [4.69, 9.17) is 14.2 Å². The van der Waals surface area contributed by atoms with Crippen molar-refractivity contribution in [2.45, 2.75) is 18.4 Å². The first-order chi connectivity index (χ1) is 25.3. The zero-order valence-electron chi connectivity index (χ0n) is 30.7. The fourth-order valence-electron chi connectivity index (χ4n) is 5.23. The molecule has 0 spiro atoms. The lowest BCUT2D eigenvalue weighted by atomic mass is 10.0. The average Bonchev–Trinajstić information content (AvgIpc) is 3.67.